The number of benzene rings is 1. The van der Waals surface area contributed by atoms with Gasteiger partial charge in [0.1, 0.15) is 5.75 Å². The normalized spacial score (nSPS) is 18.5. The van der Waals surface area contributed by atoms with Gasteiger partial charge in [-0.3, -0.25) is 0 Å². The maximum absolute atomic E-state index is 12.1. The van der Waals surface area contributed by atoms with Crippen molar-refractivity contribution in [3.63, 3.8) is 0 Å². The number of ether oxygens (including phenoxy) is 2. The van der Waals surface area contributed by atoms with Gasteiger partial charge in [0.2, 0.25) is 0 Å². The Morgan fingerprint density at radius 1 is 1.24 bits per heavy atom. The Bertz CT molecular complexity index is 428. The monoisotopic (exact) mass is 303 g/mol. The largest absolute Gasteiger partial charge is 0.573 e. The average Bonchev–Trinajstić information content (AvgIpc) is 2.45. The molecule has 118 valence electrons. The highest BCUT2D eigenvalue weighted by Gasteiger charge is 2.31. The molecule has 1 unspecified atom stereocenters. The first kappa shape index (κ1) is 16.1. The lowest BCUT2D eigenvalue weighted by Crippen LogP contribution is -2.24. The van der Waals surface area contributed by atoms with E-state index in [9.17, 15) is 13.2 Å². The molecule has 1 N–H and O–H groups in total. The molecule has 1 aliphatic heterocycles. The molecule has 1 atom stereocenters. The molecule has 21 heavy (non-hydrogen) atoms. The van der Waals surface area contributed by atoms with E-state index in [4.69, 9.17) is 4.74 Å². The molecule has 0 spiro atoms. The van der Waals surface area contributed by atoms with Gasteiger partial charge in [-0.2, -0.15) is 0 Å². The fourth-order valence-corrected chi connectivity index (χ4v) is 2.64. The molecule has 0 radical (unpaired) electrons. The van der Waals surface area contributed by atoms with Crippen molar-refractivity contribution in [2.75, 3.05) is 20.3 Å². The second kappa shape index (κ2) is 7.13. The van der Waals surface area contributed by atoms with Crippen LogP contribution in [0.3, 0.4) is 0 Å². The molecule has 1 saturated heterocycles. The molecule has 0 aromatic heterocycles. The van der Waals surface area contributed by atoms with E-state index in [-0.39, 0.29) is 11.8 Å². The Hall–Kier alpha value is -1.27. The van der Waals surface area contributed by atoms with Crippen LogP contribution in [0.5, 0.6) is 5.75 Å². The summed E-state index contributed by atoms with van der Waals surface area (Å²) in [5.74, 6) is 0.398. The fourth-order valence-electron chi connectivity index (χ4n) is 2.64. The molecular weight excluding hydrogens is 283 g/mol. The summed E-state index contributed by atoms with van der Waals surface area (Å²) in [6, 6.07) is 6.21. The zero-order valence-corrected chi connectivity index (χ0v) is 12.0. The van der Waals surface area contributed by atoms with Gasteiger partial charge in [0, 0.05) is 19.3 Å². The van der Waals surface area contributed by atoms with Crippen molar-refractivity contribution >= 4 is 0 Å². The Morgan fingerprint density at radius 2 is 1.86 bits per heavy atom. The van der Waals surface area contributed by atoms with Gasteiger partial charge in [-0.1, -0.05) is 12.1 Å². The molecule has 0 saturated carbocycles. The SMILES string of the molecule is CNC(CC1CCOCC1)c1ccc(OC(F)(F)F)cc1. The van der Waals surface area contributed by atoms with Gasteiger partial charge in [0.05, 0.1) is 0 Å². The number of alkyl halides is 3. The van der Waals surface area contributed by atoms with Crippen LogP contribution >= 0.6 is 0 Å². The minimum Gasteiger partial charge on any atom is -0.406 e. The molecule has 1 aromatic rings. The number of nitrogens with one attached hydrogen (secondary N) is 1. The molecule has 0 amide bonds. The highest BCUT2D eigenvalue weighted by molar-refractivity contribution is 5.29. The molecule has 0 bridgehead atoms. The minimum atomic E-state index is -4.65. The first-order chi connectivity index (χ1) is 9.98. The van der Waals surface area contributed by atoms with E-state index in [0.29, 0.717) is 5.92 Å². The smallest absolute Gasteiger partial charge is 0.406 e. The van der Waals surface area contributed by atoms with Crippen LogP contribution in [-0.4, -0.2) is 26.6 Å². The summed E-state index contributed by atoms with van der Waals surface area (Å²) in [5.41, 5.74) is 0.971. The van der Waals surface area contributed by atoms with Crippen LogP contribution in [0, 0.1) is 5.92 Å². The van der Waals surface area contributed by atoms with Crippen molar-refractivity contribution in [2.45, 2.75) is 31.7 Å². The van der Waals surface area contributed by atoms with Crippen LogP contribution in [0.15, 0.2) is 24.3 Å². The van der Waals surface area contributed by atoms with E-state index in [1.807, 2.05) is 7.05 Å². The Morgan fingerprint density at radius 3 is 2.38 bits per heavy atom. The van der Waals surface area contributed by atoms with Crippen molar-refractivity contribution in [1.82, 2.24) is 5.32 Å². The third-order valence-electron chi connectivity index (χ3n) is 3.77. The molecular formula is C15H20F3NO2. The average molecular weight is 303 g/mol. The van der Waals surface area contributed by atoms with Crippen molar-refractivity contribution in [3.8, 4) is 5.75 Å². The number of rotatable bonds is 5. The molecule has 3 nitrogen and oxygen atoms in total. The van der Waals surface area contributed by atoms with E-state index in [1.165, 1.54) is 12.1 Å². The van der Waals surface area contributed by atoms with Gasteiger partial charge in [0.15, 0.2) is 0 Å². The number of halogens is 3. The van der Waals surface area contributed by atoms with E-state index in [2.05, 4.69) is 10.1 Å². The lowest BCUT2D eigenvalue weighted by atomic mass is 9.89. The zero-order chi connectivity index (χ0) is 15.3. The zero-order valence-electron chi connectivity index (χ0n) is 12.0. The van der Waals surface area contributed by atoms with Gasteiger partial charge in [-0.15, -0.1) is 13.2 Å². The van der Waals surface area contributed by atoms with E-state index in [1.54, 1.807) is 12.1 Å². The van der Waals surface area contributed by atoms with E-state index >= 15 is 0 Å². The van der Waals surface area contributed by atoms with Crippen LogP contribution in [-0.2, 0) is 4.74 Å². The first-order valence-electron chi connectivity index (χ1n) is 7.08. The summed E-state index contributed by atoms with van der Waals surface area (Å²) in [6.45, 7) is 1.58. The lowest BCUT2D eigenvalue weighted by molar-refractivity contribution is -0.274. The van der Waals surface area contributed by atoms with Gasteiger partial charge >= 0.3 is 6.36 Å². The lowest BCUT2D eigenvalue weighted by Gasteiger charge is -2.26. The van der Waals surface area contributed by atoms with Gasteiger partial charge in [0.25, 0.3) is 0 Å². The summed E-state index contributed by atoms with van der Waals surface area (Å²) in [6.07, 6.45) is -1.62. The Kier molecular flexibility index (Phi) is 5.47. The van der Waals surface area contributed by atoms with Crippen LogP contribution in [0.2, 0.25) is 0 Å². The predicted molar refractivity (Wildman–Crippen MR) is 73.1 cm³/mol. The second-order valence-corrected chi connectivity index (χ2v) is 5.25. The highest BCUT2D eigenvalue weighted by atomic mass is 19.4. The predicted octanol–water partition coefficient (Wildman–Crippen LogP) is 3.66. The number of hydrogen-bond donors (Lipinski definition) is 1. The maximum atomic E-state index is 12.1. The summed E-state index contributed by atoms with van der Waals surface area (Å²) < 4.78 is 45.6. The van der Waals surface area contributed by atoms with Crippen molar-refractivity contribution in [2.24, 2.45) is 5.92 Å². The Balaban J connectivity index is 1.97. The summed E-state index contributed by atoms with van der Waals surface area (Å²) >= 11 is 0. The molecule has 1 fully saturated rings. The second-order valence-electron chi connectivity index (χ2n) is 5.25. The molecule has 1 heterocycles. The van der Waals surface area contributed by atoms with Crippen molar-refractivity contribution in [3.05, 3.63) is 29.8 Å². The first-order valence-corrected chi connectivity index (χ1v) is 7.08. The van der Waals surface area contributed by atoms with E-state index in [0.717, 1.165) is 38.0 Å². The molecule has 0 aliphatic carbocycles. The third-order valence-corrected chi connectivity index (χ3v) is 3.77. The third kappa shape index (κ3) is 5.21. The summed E-state index contributed by atoms with van der Waals surface area (Å²) in [7, 11) is 1.87. The molecule has 1 aliphatic rings. The number of hydrogen-bond acceptors (Lipinski definition) is 3. The molecule has 6 heteroatoms. The van der Waals surface area contributed by atoms with Crippen molar-refractivity contribution < 1.29 is 22.6 Å². The van der Waals surface area contributed by atoms with Gasteiger partial charge in [-0.25, -0.2) is 0 Å². The van der Waals surface area contributed by atoms with Crippen LogP contribution in [0.25, 0.3) is 0 Å². The quantitative estimate of drug-likeness (QED) is 0.900. The fraction of sp³-hybridized carbons (Fsp3) is 0.600. The standard InChI is InChI=1S/C15H20F3NO2/c1-19-14(10-11-6-8-20-9-7-11)12-2-4-13(5-3-12)21-15(16,17)18/h2-5,11,14,19H,6-10H2,1H3. The van der Waals surface area contributed by atoms with Gasteiger partial charge < -0.3 is 14.8 Å². The topological polar surface area (TPSA) is 30.5 Å². The molecule has 2 rings (SSSR count). The minimum absolute atomic E-state index is 0.132. The molecule has 1 aromatic carbocycles. The maximum Gasteiger partial charge on any atom is 0.573 e. The Labute approximate surface area is 122 Å². The summed E-state index contributed by atoms with van der Waals surface area (Å²) in [4.78, 5) is 0. The highest BCUT2D eigenvalue weighted by Crippen LogP contribution is 2.29. The van der Waals surface area contributed by atoms with Crippen LogP contribution in [0.1, 0.15) is 30.9 Å². The summed E-state index contributed by atoms with van der Waals surface area (Å²) in [5, 5.41) is 3.23. The van der Waals surface area contributed by atoms with Crippen molar-refractivity contribution in [1.29, 1.82) is 0 Å². The van der Waals surface area contributed by atoms with Gasteiger partial charge in [-0.05, 0) is 49.9 Å². The van der Waals surface area contributed by atoms with Crippen LogP contribution in [0.4, 0.5) is 13.2 Å². The van der Waals surface area contributed by atoms with E-state index < -0.39 is 6.36 Å². The van der Waals surface area contributed by atoms with Crippen LogP contribution < -0.4 is 10.1 Å².